The van der Waals surface area contributed by atoms with Crippen LogP contribution in [0.25, 0.3) is 0 Å². The first kappa shape index (κ1) is 13.1. The quantitative estimate of drug-likeness (QED) is 0.419. The van der Waals surface area contributed by atoms with Crippen molar-refractivity contribution in [1.29, 1.82) is 0 Å². The van der Waals surface area contributed by atoms with Gasteiger partial charge in [-0.15, -0.1) is 0 Å². The maximum Gasteiger partial charge on any atom is 1.00 e. The minimum atomic E-state index is -4.36. The molecule has 13 heavy (non-hydrogen) atoms. The van der Waals surface area contributed by atoms with Crippen molar-refractivity contribution in [2.24, 2.45) is 0 Å². The topological polar surface area (TPSA) is 77.4 Å². The molecule has 0 aliphatic carbocycles. The summed E-state index contributed by atoms with van der Waals surface area (Å²) >= 11 is 0. The fraction of sp³-hybridized carbons (Fsp3) is 0.143. The fourth-order valence-corrected chi connectivity index (χ4v) is 1.23. The third-order valence-electron chi connectivity index (χ3n) is 1.39. The van der Waals surface area contributed by atoms with Gasteiger partial charge in [-0.1, -0.05) is 12.1 Å². The molecule has 0 bridgehead atoms. The Balaban J connectivity index is 0.00000144. The summed E-state index contributed by atoms with van der Waals surface area (Å²) in [5, 5.41) is 8.60. The van der Waals surface area contributed by atoms with Crippen LogP contribution >= 0.6 is 0 Å². The van der Waals surface area contributed by atoms with Crippen molar-refractivity contribution in [1.82, 2.24) is 0 Å². The van der Waals surface area contributed by atoms with Crippen LogP contribution in [0.4, 0.5) is 0 Å². The first-order valence-electron chi connectivity index (χ1n) is 3.20. The van der Waals surface area contributed by atoms with Crippen LogP contribution in [0.5, 0.6) is 0 Å². The number of hydrogen-bond donors (Lipinski definition) is 1. The van der Waals surface area contributed by atoms with Gasteiger partial charge in [0.1, 0.15) is 10.1 Å². The van der Waals surface area contributed by atoms with Crippen LogP contribution in [0.1, 0.15) is 5.56 Å². The minimum absolute atomic E-state index is 0. The molecule has 0 aromatic heterocycles. The molecule has 1 aromatic carbocycles. The van der Waals surface area contributed by atoms with Crippen LogP contribution in [0.15, 0.2) is 29.2 Å². The van der Waals surface area contributed by atoms with Gasteiger partial charge in [-0.05, 0) is 17.7 Å². The van der Waals surface area contributed by atoms with E-state index in [2.05, 4.69) is 0 Å². The van der Waals surface area contributed by atoms with Gasteiger partial charge in [0.05, 0.1) is 11.5 Å². The van der Waals surface area contributed by atoms with Crippen molar-refractivity contribution in [3.8, 4) is 0 Å². The molecule has 1 rings (SSSR count). The molecule has 0 atom stereocenters. The van der Waals surface area contributed by atoms with Crippen LogP contribution in [-0.2, 0) is 16.7 Å². The summed E-state index contributed by atoms with van der Waals surface area (Å²) in [7, 11) is -4.36. The van der Waals surface area contributed by atoms with Gasteiger partial charge in [0.2, 0.25) is 0 Å². The standard InChI is InChI=1S/C7H8O4S.Na/c8-5-6-1-3-7(4-2-6)12(9,10)11;/h1-4,8H,5H2,(H,9,10,11);/q;+1/p-1. The monoisotopic (exact) mass is 210 g/mol. The van der Waals surface area contributed by atoms with Crippen molar-refractivity contribution < 1.29 is 47.6 Å². The molecule has 0 aliphatic heterocycles. The van der Waals surface area contributed by atoms with Crippen molar-refractivity contribution in [2.45, 2.75) is 11.5 Å². The molecule has 0 aliphatic rings. The molecule has 0 saturated heterocycles. The Labute approximate surface area is 98.6 Å². The summed E-state index contributed by atoms with van der Waals surface area (Å²) in [5.41, 5.74) is 0.572. The van der Waals surface area contributed by atoms with Crippen LogP contribution in [0, 0.1) is 0 Å². The van der Waals surface area contributed by atoms with Crippen molar-refractivity contribution in [3.05, 3.63) is 29.8 Å². The number of aliphatic hydroxyl groups is 1. The number of rotatable bonds is 2. The van der Waals surface area contributed by atoms with E-state index in [1.807, 2.05) is 0 Å². The molecule has 0 saturated carbocycles. The number of hydrogen-bond acceptors (Lipinski definition) is 4. The second-order valence-corrected chi connectivity index (χ2v) is 3.64. The minimum Gasteiger partial charge on any atom is -0.744 e. The summed E-state index contributed by atoms with van der Waals surface area (Å²) in [6.07, 6.45) is 0. The van der Waals surface area contributed by atoms with Crippen LogP contribution in [-0.4, -0.2) is 18.1 Å². The van der Waals surface area contributed by atoms with E-state index in [1.54, 1.807) is 0 Å². The maximum atomic E-state index is 10.4. The predicted molar refractivity (Wildman–Crippen MR) is 40.3 cm³/mol. The summed E-state index contributed by atoms with van der Waals surface area (Å²) in [4.78, 5) is -0.278. The van der Waals surface area contributed by atoms with E-state index < -0.39 is 10.1 Å². The van der Waals surface area contributed by atoms with Gasteiger partial charge in [0.25, 0.3) is 0 Å². The first-order valence-corrected chi connectivity index (χ1v) is 4.60. The van der Waals surface area contributed by atoms with E-state index in [0.717, 1.165) is 0 Å². The van der Waals surface area contributed by atoms with Gasteiger partial charge >= 0.3 is 29.6 Å². The van der Waals surface area contributed by atoms with Crippen molar-refractivity contribution >= 4 is 10.1 Å². The van der Waals surface area contributed by atoms with E-state index in [0.29, 0.717) is 5.56 Å². The molecule has 0 radical (unpaired) electrons. The van der Waals surface area contributed by atoms with Crippen LogP contribution in [0.2, 0.25) is 0 Å². The molecule has 0 fully saturated rings. The summed E-state index contributed by atoms with van der Waals surface area (Å²) in [6, 6.07) is 5.14. The molecule has 6 heteroatoms. The zero-order valence-electron chi connectivity index (χ0n) is 7.10. The normalized spacial score (nSPS) is 10.6. The van der Waals surface area contributed by atoms with Crippen LogP contribution in [0.3, 0.4) is 0 Å². The SMILES string of the molecule is O=S(=O)([O-])c1ccc(CO)cc1.[Na+]. The third kappa shape index (κ3) is 3.76. The van der Waals surface area contributed by atoms with Gasteiger partial charge in [-0.3, -0.25) is 0 Å². The molecule has 1 N–H and O–H groups in total. The Kier molecular flexibility index (Phi) is 5.13. The summed E-state index contributed by atoms with van der Waals surface area (Å²) < 4.78 is 31.2. The molecular weight excluding hydrogens is 203 g/mol. The van der Waals surface area contributed by atoms with Crippen molar-refractivity contribution in [3.63, 3.8) is 0 Å². The average Bonchev–Trinajstić information content (AvgIpc) is 2.03. The predicted octanol–water partition coefficient (Wildman–Crippen LogP) is -2.91. The van der Waals surface area contributed by atoms with Gasteiger partial charge in [0, 0.05) is 0 Å². The molecular formula is C7H7NaO4S. The Morgan fingerprint density at radius 3 is 2.00 bits per heavy atom. The zero-order chi connectivity index (χ0) is 9.19. The van der Waals surface area contributed by atoms with Crippen molar-refractivity contribution in [2.75, 3.05) is 0 Å². The fourth-order valence-electron chi connectivity index (χ4n) is 0.762. The summed E-state index contributed by atoms with van der Waals surface area (Å²) in [6.45, 7) is -0.167. The van der Waals surface area contributed by atoms with E-state index in [9.17, 15) is 13.0 Å². The van der Waals surface area contributed by atoms with E-state index in [1.165, 1.54) is 24.3 Å². The molecule has 0 spiro atoms. The van der Waals surface area contributed by atoms with Gasteiger partial charge in [-0.25, -0.2) is 8.42 Å². The third-order valence-corrected chi connectivity index (χ3v) is 2.24. The van der Waals surface area contributed by atoms with E-state index in [4.69, 9.17) is 5.11 Å². The Bertz CT molecular complexity index is 357. The second kappa shape index (κ2) is 5.09. The van der Waals surface area contributed by atoms with E-state index >= 15 is 0 Å². The van der Waals surface area contributed by atoms with E-state index in [-0.39, 0.29) is 41.1 Å². The molecule has 0 heterocycles. The van der Waals surface area contributed by atoms with Gasteiger partial charge in [-0.2, -0.15) is 0 Å². The Morgan fingerprint density at radius 1 is 1.23 bits per heavy atom. The maximum absolute atomic E-state index is 10.4. The van der Waals surface area contributed by atoms with Gasteiger partial charge in [0.15, 0.2) is 0 Å². The Morgan fingerprint density at radius 2 is 1.69 bits per heavy atom. The molecule has 0 amide bonds. The molecule has 66 valence electrons. The molecule has 1 aromatic rings. The van der Waals surface area contributed by atoms with Crippen LogP contribution < -0.4 is 29.6 Å². The molecule has 4 nitrogen and oxygen atoms in total. The zero-order valence-corrected chi connectivity index (χ0v) is 9.91. The largest absolute Gasteiger partial charge is 1.00 e. The first-order chi connectivity index (χ1) is 5.54. The smallest absolute Gasteiger partial charge is 0.744 e. The second-order valence-electron chi connectivity index (χ2n) is 2.26. The number of aliphatic hydroxyl groups excluding tert-OH is 1. The summed E-state index contributed by atoms with van der Waals surface area (Å²) in [5.74, 6) is 0. The average molecular weight is 210 g/mol. The molecule has 0 unspecified atom stereocenters. The Hall–Kier alpha value is 0.0900. The number of benzene rings is 1. The van der Waals surface area contributed by atoms with Gasteiger partial charge < -0.3 is 9.66 Å².